The predicted octanol–water partition coefficient (Wildman–Crippen LogP) is 3.83. The van der Waals surface area contributed by atoms with Gasteiger partial charge in [-0.15, -0.1) is 0 Å². The number of methoxy groups -OCH3 is 1. The summed E-state index contributed by atoms with van der Waals surface area (Å²) in [5, 5.41) is 0. The van der Waals surface area contributed by atoms with Crippen LogP contribution in [-0.4, -0.2) is 38.0 Å². The van der Waals surface area contributed by atoms with Crippen LogP contribution in [-0.2, 0) is 26.7 Å². The Kier molecular flexibility index (Phi) is 6.78. The molecule has 27 heavy (non-hydrogen) atoms. The standard InChI is InChI=1S/C21H30N2O3S/c1-16-12-19(21(3,4)5)13-17(2)20(16)27(24,25)23(10-11-26-6)15-18-8-7-9-22-14-18/h7-9,12-14H,10-11,15H2,1-6H3. The van der Waals surface area contributed by atoms with E-state index in [4.69, 9.17) is 4.74 Å². The molecule has 0 radical (unpaired) electrons. The Hall–Kier alpha value is -1.76. The molecule has 0 aliphatic carbocycles. The minimum Gasteiger partial charge on any atom is -0.383 e. The van der Waals surface area contributed by atoms with Crippen molar-refractivity contribution in [3.05, 3.63) is 58.9 Å². The van der Waals surface area contributed by atoms with Crippen LogP contribution >= 0.6 is 0 Å². The van der Waals surface area contributed by atoms with Crippen molar-refractivity contribution in [2.24, 2.45) is 0 Å². The first-order chi connectivity index (χ1) is 12.6. The highest BCUT2D eigenvalue weighted by Crippen LogP contribution is 2.31. The summed E-state index contributed by atoms with van der Waals surface area (Å²) in [5.74, 6) is 0. The van der Waals surface area contributed by atoms with Gasteiger partial charge in [0.05, 0.1) is 11.5 Å². The highest BCUT2D eigenvalue weighted by Gasteiger charge is 2.29. The van der Waals surface area contributed by atoms with Crippen molar-refractivity contribution < 1.29 is 13.2 Å². The molecule has 0 saturated heterocycles. The minimum atomic E-state index is -3.67. The summed E-state index contributed by atoms with van der Waals surface area (Å²) < 4.78 is 33.6. The summed E-state index contributed by atoms with van der Waals surface area (Å²) in [4.78, 5) is 4.48. The van der Waals surface area contributed by atoms with Gasteiger partial charge in [0.1, 0.15) is 0 Å². The molecule has 0 aliphatic rings. The summed E-state index contributed by atoms with van der Waals surface area (Å²) in [6.45, 7) is 11.0. The van der Waals surface area contributed by atoms with Crippen LogP contribution in [0.4, 0.5) is 0 Å². The molecule has 0 fully saturated rings. The third-order valence-electron chi connectivity index (χ3n) is 4.55. The highest BCUT2D eigenvalue weighted by atomic mass is 32.2. The number of rotatable bonds is 7. The maximum atomic E-state index is 13.5. The largest absolute Gasteiger partial charge is 0.383 e. The molecule has 1 heterocycles. The predicted molar refractivity (Wildman–Crippen MR) is 108 cm³/mol. The average Bonchev–Trinajstić information content (AvgIpc) is 2.57. The van der Waals surface area contributed by atoms with Crippen LogP contribution in [0.5, 0.6) is 0 Å². The Labute approximate surface area is 163 Å². The molecular formula is C21H30N2O3S. The van der Waals surface area contributed by atoms with Gasteiger partial charge in [-0.25, -0.2) is 8.42 Å². The first-order valence-electron chi connectivity index (χ1n) is 9.07. The van der Waals surface area contributed by atoms with Crippen molar-refractivity contribution in [3.8, 4) is 0 Å². The first kappa shape index (κ1) is 21.5. The van der Waals surface area contributed by atoms with Crippen LogP contribution in [0.3, 0.4) is 0 Å². The summed E-state index contributed by atoms with van der Waals surface area (Å²) in [6, 6.07) is 7.66. The maximum absolute atomic E-state index is 13.5. The van der Waals surface area contributed by atoms with E-state index in [-0.39, 0.29) is 18.5 Å². The third-order valence-corrected chi connectivity index (χ3v) is 6.70. The highest BCUT2D eigenvalue weighted by molar-refractivity contribution is 7.89. The fourth-order valence-electron chi connectivity index (χ4n) is 3.09. The molecule has 148 valence electrons. The van der Waals surface area contributed by atoms with E-state index in [1.165, 1.54) is 4.31 Å². The maximum Gasteiger partial charge on any atom is 0.243 e. The van der Waals surface area contributed by atoms with Crippen LogP contribution in [0.25, 0.3) is 0 Å². The van der Waals surface area contributed by atoms with Crippen molar-refractivity contribution in [2.75, 3.05) is 20.3 Å². The molecule has 0 atom stereocenters. The van der Waals surface area contributed by atoms with Crippen molar-refractivity contribution >= 4 is 10.0 Å². The van der Waals surface area contributed by atoms with Gasteiger partial charge in [0.25, 0.3) is 0 Å². The van der Waals surface area contributed by atoms with Gasteiger partial charge >= 0.3 is 0 Å². The molecule has 0 bridgehead atoms. The summed E-state index contributed by atoms with van der Waals surface area (Å²) in [5.41, 5.74) is 3.48. The fourth-order valence-corrected chi connectivity index (χ4v) is 4.92. The van der Waals surface area contributed by atoms with E-state index < -0.39 is 10.0 Å². The SMILES string of the molecule is COCCN(Cc1cccnc1)S(=O)(=O)c1c(C)cc(C(C)(C)C)cc1C. The monoisotopic (exact) mass is 390 g/mol. The van der Waals surface area contributed by atoms with Crippen LogP contribution in [0.2, 0.25) is 0 Å². The lowest BCUT2D eigenvalue weighted by atomic mass is 9.85. The molecule has 1 aromatic heterocycles. The zero-order valence-electron chi connectivity index (χ0n) is 17.1. The molecule has 0 saturated carbocycles. The molecule has 2 rings (SSSR count). The van der Waals surface area contributed by atoms with E-state index in [0.717, 1.165) is 22.3 Å². The number of pyridine rings is 1. The number of sulfonamides is 1. The van der Waals surface area contributed by atoms with Crippen LogP contribution < -0.4 is 0 Å². The smallest absolute Gasteiger partial charge is 0.243 e. The average molecular weight is 391 g/mol. The number of benzene rings is 1. The number of nitrogens with zero attached hydrogens (tertiary/aromatic N) is 2. The second kappa shape index (κ2) is 8.50. The number of ether oxygens (including phenoxy) is 1. The Bertz CT molecular complexity index is 849. The van der Waals surface area contributed by atoms with E-state index >= 15 is 0 Å². The summed E-state index contributed by atoms with van der Waals surface area (Å²) in [6.07, 6.45) is 3.37. The lowest BCUT2D eigenvalue weighted by molar-refractivity contribution is 0.177. The summed E-state index contributed by atoms with van der Waals surface area (Å²) >= 11 is 0. The zero-order valence-corrected chi connectivity index (χ0v) is 17.9. The zero-order chi connectivity index (χ0) is 20.2. The van der Waals surface area contributed by atoms with E-state index in [1.807, 2.05) is 38.1 Å². The van der Waals surface area contributed by atoms with Crippen LogP contribution in [0.1, 0.15) is 43.0 Å². The number of aromatic nitrogens is 1. The van der Waals surface area contributed by atoms with E-state index in [0.29, 0.717) is 11.5 Å². The lowest BCUT2D eigenvalue weighted by Gasteiger charge is -2.26. The molecule has 0 unspecified atom stereocenters. The van der Waals surface area contributed by atoms with Crippen molar-refractivity contribution in [2.45, 2.75) is 51.5 Å². The van der Waals surface area contributed by atoms with Gasteiger partial charge in [-0.1, -0.05) is 39.0 Å². The van der Waals surface area contributed by atoms with E-state index in [1.54, 1.807) is 19.5 Å². The molecule has 0 N–H and O–H groups in total. The molecule has 1 aromatic carbocycles. The second-order valence-electron chi connectivity index (χ2n) is 7.88. The Balaban J connectivity index is 2.49. The van der Waals surface area contributed by atoms with Crippen molar-refractivity contribution in [1.82, 2.24) is 9.29 Å². The molecule has 5 nitrogen and oxygen atoms in total. The third kappa shape index (κ3) is 5.15. The molecular weight excluding hydrogens is 360 g/mol. The molecule has 2 aromatic rings. The van der Waals surface area contributed by atoms with E-state index in [2.05, 4.69) is 25.8 Å². The van der Waals surface area contributed by atoms with E-state index in [9.17, 15) is 8.42 Å². The molecule has 0 spiro atoms. The van der Waals surface area contributed by atoms with Crippen LogP contribution in [0, 0.1) is 13.8 Å². The molecule has 0 amide bonds. The lowest BCUT2D eigenvalue weighted by Crippen LogP contribution is -2.34. The van der Waals surface area contributed by atoms with Gasteiger partial charge in [0.15, 0.2) is 0 Å². The number of hydrogen-bond acceptors (Lipinski definition) is 4. The van der Waals surface area contributed by atoms with Gasteiger partial charge in [-0.05, 0) is 47.6 Å². The minimum absolute atomic E-state index is 0.0384. The van der Waals surface area contributed by atoms with Gasteiger partial charge < -0.3 is 4.74 Å². The van der Waals surface area contributed by atoms with Gasteiger partial charge in [-0.3, -0.25) is 4.98 Å². The number of hydrogen-bond donors (Lipinski definition) is 0. The van der Waals surface area contributed by atoms with Crippen molar-refractivity contribution in [3.63, 3.8) is 0 Å². The Morgan fingerprint density at radius 2 is 1.78 bits per heavy atom. The van der Waals surface area contributed by atoms with Crippen LogP contribution in [0.15, 0.2) is 41.6 Å². The fraction of sp³-hybridized carbons (Fsp3) is 0.476. The molecule has 0 aliphatic heterocycles. The van der Waals surface area contributed by atoms with Gasteiger partial charge in [-0.2, -0.15) is 4.31 Å². The quantitative estimate of drug-likeness (QED) is 0.721. The Morgan fingerprint density at radius 3 is 2.26 bits per heavy atom. The normalized spacial score (nSPS) is 12.6. The Morgan fingerprint density at radius 1 is 1.15 bits per heavy atom. The van der Waals surface area contributed by atoms with Gasteiger partial charge in [0, 0.05) is 32.6 Å². The molecule has 6 heteroatoms. The summed E-state index contributed by atoms with van der Waals surface area (Å²) in [7, 11) is -2.10. The second-order valence-corrected chi connectivity index (χ2v) is 9.76. The number of aryl methyl sites for hydroxylation is 2. The first-order valence-corrected chi connectivity index (χ1v) is 10.5. The van der Waals surface area contributed by atoms with Crippen molar-refractivity contribution in [1.29, 1.82) is 0 Å². The van der Waals surface area contributed by atoms with Gasteiger partial charge in [0.2, 0.25) is 10.0 Å². The topological polar surface area (TPSA) is 59.5 Å².